The highest BCUT2D eigenvalue weighted by molar-refractivity contribution is 7.15. The molecule has 0 unspecified atom stereocenters. The summed E-state index contributed by atoms with van der Waals surface area (Å²) in [4.78, 5) is 19.0. The van der Waals surface area contributed by atoms with Gasteiger partial charge in [-0.2, -0.15) is 0 Å². The maximum Gasteiger partial charge on any atom is 0.274 e. The number of imidazole rings is 1. The Bertz CT molecular complexity index is 570. The molecular weight excluding hydrogens is 266 g/mol. The van der Waals surface area contributed by atoms with Crippen molar-refractivity contribution >= 4 is 22.2 Å². The van der Waals surface area contributed by atoms with E-state index in [1.807, 2.05) is 16.0 Å². The molecule has 2 N–H and O–H groups in total. The van der Waals surface area contributed by atoms with Gasteiger partial charge in [-0.15, -0.1) is 11.3 Å². The number of nitrogens with zero attached hydrogens (tertiary/aromatic N) is 3. The van der Waals surface area contributed by atoms with Crippen molar-refractivity contribution in [3.8, 4) is 0 Å². The van der Waals surface area contributed by atoms with E-state index in [2.05, 4.69) is 4.98 Å². The van der Waals surface area contributed by atoms with Crippen LogP contribution in [0, 0.1) is 0 Å². The number of hydrogen-bond acceptors (Lipinski definition) is 5. The van der Waals surface area contributed by atoms with Gasteiger partial charge in [-0.05, 0) is 12.8 Å². The van der Waals surface area contributed by atoms with E-state index < -0.39 is 5.60 Å². The van der Waals surface area contributed by atoms with Crippen LogP contribution >= 0.6 is 11.3 Å². The fourth-order valence-electron chi connectivity index (χ4n) is 2.28. The van der Waals surface area contributed by atoms with Crippen molar-refractivity contribution in [2.75, 3.05) is 19.7 Å². The lowest BCUT2D eigenvalue weighted by Crippen LogP contribution is -2.48. The van der Waals surface area contributed by atoms with Gasteiger partial charge in [0.15, 0.2) is 4.96 Å². The number of likely N-dealkylation sites (tertiary alicyclic amines) is 1. The van der Waals surface area contributed by atoms with Gasteiger partial charge in [-0.25, -0.2) is 4.98 Å². The number of carbonyl (C=O) groups excluding carboxylic acids is 1. The zero-order valence-electron chi connectivity index (χ0n) is 10.3. The van der Waals surface area contributed by atoms with E-state index in [0.29, 0.717) is 31.6 Å². The number of rotatable bonds is 2. The molecule has 7 heteroatoms. The standard InChI is InChI=1S/C12H15N3O3S/c16-8-12(18)1-3-14(4-2-12)10(17)9-7-15-5-6-19-11(15)13-9/h5-7,16,18H,1-4,8H2. The van der Waals surface area contributed by atoms with Crippen molar-refractivity contribution in [1.82, 2.24) is 14.3 Å². The van der Waals surface area contributed by atoms with Crippen molar-refractivity contribution in [2.45, 2.75) is 18.4 Å². The van der Waals surface area contributed by atoms with Gasteiger partial charge in [0.25, 0.3) is 5.91 Å². The highest BCUT2D eigenvalue weighted by Crippen LogP contribution is 2.23. The van der Waals surface area contributed by atoms with E-state index in [9.17, 15) is 9.90 Å². The van der Waals surface area contributed by atoms with Gasteiger partial charge in [0.1, 0.15) is 5.69 Å². The molecule has 1 aliphatic rings. The van der Waals surface area contributed by atoms with Crippen LogP contribution < -0.4 is 0 Å². The molecule has 3 heterocycles. The van der Waals surface area contributed by atoms with E-state index in [1.165, 1.54) is 11.3 Å². The maximum atomic E-state index is 12.3. The molecule has 0 atom stereocenters. The quantitative estimate of drug-likeness (QED) is 0.833. The van der Waals surface area contributed by atoms with Gasteiger partial charge in [0, 0.05) is 30.9 Å². The van der Waals surface area contributed by atoms with Crippen LogP contribution in [0.3, 0.4) is 0 Å². The number of thiazole rings is 1. The second-order valence-electron chi connectivity index (χ2n) is 4.89. The van der Waals surface area contributed by atoms with Crippen molar-refractivity contribution in [3.05, 3.63) is 23.5 Å². The number of fused-ring (bicyclic) bond motifs is 1. The van der Waals surface area contributed by atoms with Crippen molar-refractivity contribution < 1.29 is 15.0 Å². The van der Waals surface area contributed by atoms with Crippen LogP contribution in [0.25, 0.3) is 4.96 Å². The summed E-state index contributed by atoms with van der Waals surface area (Å²) in [7, 11) is 0. The van der Waals surface area contributed by atoms with Crippen LogP contribution in [0.1, 0.15) is 23.3 Å². The molecule has 6 nitrogen and oxygen atoms in total. The van der Waals surface area contributed by atoms with E-state index in [1.54, 1.807) is 11.1 Å². The normalized spacial score (nSPS) is 18.9. The van der Waals surface area contributed by atoms with Gasteiger partial charge in [-0.1, -0.05) is 0 Å². The lowest BCUT2D eigenvalue weighted by Gasteiger charge is -2.36. The number of hydrogen-bond donors (Lipinski definition) is 2. The minimum Gasteiger partial charge on any atom is -0.393 e. The summed E-state index contributed by atoms with van der Waals surface area (Å²) in [6, 6.07) is 0. The fourth-order valence-corrected chi connectivity index (χ4v) is 2.98. The molecule has 0 aromatic carbocycles. The Kier molecular flexibility index (Phi) is 3.04. The third-order valence-corrected chi connectivity index (χ3v) is 4.36. The second-order valence-corrected chi connectivity index (χ2v) is 5.77. The molecule has 0 aliphatic carbocycles. The topological polar surface area (TPSA) is 78.1 Å². The fraction of sp³-hybridized carbons (Fsp3) is 0.500. The Morgan fingerprint density at radius 2 is 2.21 bits per heavy atom. The van der Waals surface area contributed by atoms with E-state index in [-0.39, 0.29) is 12.5 Å². The summed E-state index contributed by atoms with van der Waals surface area (Å²) in [5.41, 5.74) is -0.605. The Morgan fingerprint density at radius 3 is 2.84 bits per heavy atom. The molecular formula is C12H15N3O3S. The van der Waals surface area contributed by atoms with Crippen molar-refractivity contribution in [3.63, 3.8) is 0 Å². The number of aliphatic hydroxyl groups excluding tert-OH is 1. The minimum atomic E-state index is -1.04. The number of amides is 1. The molecule has 1 saturated heterocycles. The van der Waals surface area contributed by atoms with Crippen LogP contribution in [0.2, 0.25) is 0 Å². The molecule has 0 bridgehead atoms. The lowest BCUT2D eigenvalue weighted by molar-refractivity contribution is -0.0546. The Balaban J connectivity index is 1.73. The molecule has 1 aliphatic heterocycles. The first-order chi connectivity index (χ1) is 9.11. The molecule has 3 rings (SSSR count). The minimum absolute atomic E-state index is 0.115. The Hall–Kier alpha value is -1.44. The lowest BCUT2D eigenvalue weighted by atomic mass is 9.92. The molecule has 0 radical (unpaired) electrons. The summed E-state index contributed by atoms with van der Waals surface area (Å²) in [6.07, 6.45) is 4.39. The van der Waals surface area contributed by atoms with Crippen LogP contribution in [0.4, 0.5) is 0 Å². The van der Waals surface area contributed by atoms with Crippen LogP contribution in [-0.4, -0.2) is 55.7 Å². The van der Waals surface area contributed by atoms with Crippen LogP contribution in [-0.2, 0) is 0 Å². The molecule has 0 saturated carbocycles. The zero-order valence-corrected chi connectivity index (χ0v) is 11.1. The first kappa shape index (κ1) is 12.6. The second kappa shape index (κ2) is 4.59. The van der Waals surface area contributed by atoms with Crippen molar-refractivity contribution in [2.24, 2.45) is 0 Å². The van der Waals surface area contributed by atoms with Gasteiger partial charge in [0.05, 0.1) is 12.2 Å². The summed E-state index contributed by atoms with van der Waals surface area (Å²) < 4.78 is 1.83. The number of aromatic nitrogens is 2. The number of carbonyl (C=O) groups is 1. The predicted octanol–water partition coefficient (Wildman–Crippen LogP) is 0.355. The third kappa shape index (κ3) is 2.24. The third-order valence-electron chi connectivity index (χ3n) is 3.59. The smallest absolute Gasteiger partial charge is 0.274 e. The molecule has 0 spiro atoms. The average molecular weight is 281 g/mol. The van der Waals surface area contributed by atoms with Crippen LogP contribution in [0.15, 0.2) is 17.8 Å². The first-order valence-corrected chi connectivity index (χ1v) is 7.04. The highest BCUT2D eigenvalue weighted by atomic mass is 32.1. The summed E-state index contributed by atoms with van der Waals surface area (Å²) >= 11 is 1.48. The Labute approximate surface area is 113 Å². The van der Waals surface area contributed by atoms with Gasteiger partial charge >= 0.3 is 0 Å². The van der Waals surface area contributed by atoms with E-state index in [0.717, 1.165) is 4.96 Å². The zero-order chi connectivity index (χ0) is 13.5. The summed E-state index contributed by atoms with van der Waals surface area (Å²) in [5, 5.41) is 20.9. The van der Waals surface area contributed by atoms with Gasteiger partial charge < -0.3 is 15.1 Å². The molecule has 1 amide bonds. The van der Waals surface area contributed by atoms with E-state index >= 15 is 0 Å². The molecule has 1 fully saturated rings. The Morgan fingerprint density at radius 1 is 1.47 bits per heavy atom. The monoisotopic (exact) mass is 281 g/mol. The number of aliphatic hydroxyl groups is 2. The van der Waals surface area contributed by atoms with E-state index in [4.69, 9.17) is 5.11 Å². The van der Waals surface area contributed by atoms with Crippen molar-refractivity contribution in [1.29, 1.82) is 0 Å². The predicted molar refractivity (Wildman–Crippen MR) is 70.2 cm³/mol. The SMILES string of the molecule is O=C(c1cn2ccsc2n1)N1CCC(O)(CO)CC1. The summed E-state index contributed by atoms with van der Waals surface area (Å²) in [5.74, 6) is -0.115. The van der Waals surface area contributed by atoms with Gasteiger partial charge in [0.2, 0.25) is 0 Å². The molecule has 102 valence electrons. The number of piperidine rings is 1. The maximum absolute atomic E-state index is 12.3. The first-order valence-electron chi connectivity index (χ1n) is 6.16. The molecule has 2 aromatic rings. The molecule has 19 heavy (non-hydrogen) atoms. The molecule has 2 aromatic heterocycles. The highest BCUT2D eigenvalue weighted by Gasteiger charge is 2.34. The van der Waals surface area contributed by atoms with Gasteiger partial charge in [-0.3, -0.25) is 9.20 Å². The average Bonchev–Trinajstić information content (AvgIpc) is 2.99. The summed E-state index contributed by atoms with van der Waals surface area (Å²) in [6.45, 7) is 0.636. The van der Waals surface area contributed by atoms with Crippen LogP contribution in [0.5, 0.6) is 0 Å². The largest absolute Gasteiger partial charge is 0.393 e.